The van der Waals surface area contributed by atoms with Gasteiger partial charge in [-0.25, -0.2) is 28.8 Å². The third-order valence-corrected chi connectivity index (χ3v) is 10.0. The lowest BCUT2D eigenvalue weighted by atomic mass is 9.67. The van der Waals surface area contributed by atoms with E-state index in [1.54, 1.807) is 26.0 Å². The van der Waals surface area contributed by atoms with Crippen molar-refractivity contribution in [1.29, 1.82) is 0 Å². The van der Waals surface area contributed by atoms with Crippen molar-refractivity contribution >= 4 is 35.8 Å². The van der Waals surface area contributed by atoms with E-state index >= 15 is 0 Å². The molecule has 57 heavy (non-hydrogen) atoms. The van der Waals surface area contributed by atoms with E-state index in [-0.39, 0.29) is 22.6 Å². The first-order valence-corrected chi connectivity index (χ1v) is 17.3. The number of fused-ring (bicyclic) bond motifs is 3. The van der Waals surface area contributed by atoms with Gasteiger partial charge in [-0.2, -0.15) is 0 Å². The summed E-state index contributed by atoms with van der Waals surface area (Å²) in [4.78, 5) is 73.0. The fourth-order valence-electron chi connectivity index (χ4n) is 7.40. The van der Waals surface area contributed by atoms with Crippen molar-refractivity contribution in [2.75, 3.05) is 0 Å². The molecule has 0 saturated carbocycles. The first-order valence-electron chi connectivity index (χ1n) is 17.3. The van der Waals surface area contributed by atoms with Gasteiger partial charge in [0.2, 0.25) is 0 Å². The summed E-state index contributed by atoms with van der Waals surface area (Å²) in [6.07, 6.45) is 0. The summed E-state index contributed by atoms with van der Waals surface area (Å²) in [5, 5.41) is 37.8. The molecule has 4 N–H and O–H groups in total. The number of aromatic carboxylic acids is 4. The summed E-state index contributed by atoms with van der Waals surface area (Å²) in [5.74, 6) is -7.29. The van der Waals surface area contributed by atoms with Crippen LogP contribution < -0.4 is 9.47 Å². The average molecular weight is 763 g/mol. The van der Waals surface area contributed by atoms with Gasteiger partial charge in [0.15, 0.2) is 0 Å². The number of carbonyl (C=O) groups excluding carboxylic acids is 2. The molecular weight excluding hydrogens is 732 g/mol. The summed E-state index contributed by atoms with van der Waals surface area (Å²) >= 11 is 0. The molecule has 0 bridgehead atoms. The molecule has 6 aromatic rings. The Morgan fingerprint density at radius 1 is 0.439 bits per heavy atom. The molecule has 6 aromatic carbocycles. The molecule has 0 atom stereocenters. The molecule has 0 spiro atoms. The molecule has 0 amide bonds. The Kier molecular flexibility index (Phi) is 9.47. The number of benzene rings is 6. The molecule has 1 aliphatic carbocycles. The largest absolute Gasteiger partial charge is 0.478 e. The van der Waals surface area contributed by atoms with E-state index in [9.17, 15) is 49.2 Å². The SMILES string of the molecule is Cc1cc(C2(c3ccc(OC(=O)c4ccc(C(=O)O)c(C(=O)O)c4)c(C)c3)c3ccccc3-c3ccccc32)ccc1OC(=O)c1ccc(C(=O)O)c(C(=O)O)c1. The highest BCUT2D eigenvalue weighted by molar-refractivity contribution is 6.05. The number of hydrogen-bond donors (Lipinski definition) is 4. The second-order valence-corrected chi connectivity index (χ2v) is 13.3. The van der Waals surface area contributed by atoms with E-state index in [1.165, 1.54) is 12.1 Å². The maximum absolute atomic E-state index is 13.3. The zero-order chi connectivity index (χ0) is 40.8. The Bertz CT molecular complexity index is 2540. The quantitative estimate of drug-likeness (QED) is 0.0776. The van der Waals surface area contributed by atoms with Crippen LogP contribution in [0.5, 0.6) is 11.5 Å². The molecule has 12 heteroatoms. The third-order valence-electron chi connectivity index (χ3n) is 10.0. The standard InChI is InChI=1S/C45H30O12/c1-23-19-27(13-17-37(23)56-43(54)25-11-15-31(39(46)47)33(21-25)41(50)51)45(35-9-5-3-7-29(35)30-8-4-6-10-36(30)45)28-14-18-38(24(2)20-28)57-44(55)26-12-16-32(40(48)49)34(22-26)42(52)53/h3-22H,1-2H3,(H,46,47)(H,48,49)(H,50,51)(H,52,53). The second kappa shape index (κ2) is 14.4. The Balaban J connectivity index is 1.29. The maximum Gasteiger partial charge on any atom is 0.343 e. The number of rotatable bonds is 10. The molecular formula is C45H30O12. The highest BCUT2D eigenvalue weighted by Crippen LogP contribution is 2.56. The van der Waals surface area contributed by atoms with Gasteiger partial charge in [0.1, 0.15) is 11.5 Å². The molecule has 12 nitrogen and oxygen atoms in total. The number of esters is 2. The minimum atomic E-state index is -1.51. The minimum Gasteiger partial charge on any atom is -0.478 e. The van der Waals surface area contributed by atoms with Crippen molar-refractivity contribution in [1.82, 2.24) is 0 Å². The van der Waals surface area contributed by atoms with Crippen LogP contribution in [0.25, 0.3) is 11.1 Å². The highest BCUT2D eigenvalue weighted by atomic mass is 16.5. The van der Waals surface area contributed by atoms with E-state index in [0.717, 1.165) is 57.6 Å². The molecule has 282 valence electrons. The summed E-state index contributed by atoms with van der Waals surface area (Å²) in [5.41, 5.74) is 3.38. The zero-order valence-corrected chi connectivity index (χ0v) is 30.1. The van der Waals surface area contributed by atoms with Crippen LogP contribution in [-0.2, 0) is 5.41 Å². The van der Waals surface area contributed by atoms with Gasteiger partial charge in [-0.05, 0) is 107 Å². The molecule has 0 unspecified atom stereocenters. The Labute approximate surface area is 323 Å². The van der Waals surface area contributed by atoms with Gasteiger partial charge in [0.25, 0.3) is 0 Å². The third kappa shape index (κ3) is 6.44. The smallest absolute Gasteiger partial charge is 0.343 e. The second-order valence-electron chi connectivity index (χ2n) is 13.3. The monoisotopic (exact) mass is 762 g/mol. The van der Waals surface area contributed by atoms with E-state index in [0.29, 0.717) is 11.1 Å². The molecule has 0 fully saturated rings. The highest BCUT2D eigenvalue weighted by Gasteiger charge is 2.46. The molecule has 1 aliphatic rings. The maximum atomic E-state index is 13.3. The molecule has 0 aliphatic heterocycles. The van der Waals surface area contributed by atoms with Gasteiger partial charge in [-0.15, -0.1) is 0 Å². The van der Waals surface area contributed by atoms with Crippen LogP contribution in [0, 0.1) is 13.8 Å². The van der Waals surface area contributed by atoms with Crippen LogP contribution in [0.4, 0.5) is 0 Å². The summed E-state index contributed by atoms with van der Waals surface area (Å²) in [6.45, 7) is 3.52. The summed E-state index contributed by atoms with van der Waals surface area (Å²) in [6, 6.07) is 33.0. The van der Waals surface area contributed by atoms with E-state index < -0.39 is 63.5 Å². The van der Waals surface area contributed by atoms with E-state index in [4.69, 9.17) is 9.47 Å². The molecule has 0 heterocycles. The van der Waals surface area contributed by atoms with E-state index in [2.05, 4.69) is 0 Å². The predicted octanol–water partition coefficient (Wildman–Crippen LogP) is 7.90. The summed E-state index contributed by atoms with van der Waals surface area (Å²) < 4.78 is 11.4. The normalized spacial score (nSPS) is 12.2. The number of ether oxygens (including phenoxy) is 2. The minimum absolute atomic E-state index is 0.146. The first kappa shape index (κ1) is 37.5. The number of aryl methyl sites for hydroxylation is 2. The van der Waals surface area contributed by atoms with Gasteiger partial charge in [-0.1, -0.05) is 72.8 Å². The van der Waals surface area contributed by atoms with Gasteiger partial charge < -0.3 is 29.9 Å². The predicted molar refractivity (Wildman–Crippen MR) is 204 cm³/mol. The Morgan fingerprint density at radius 3 is 1.16 bits per heavy atom. The van der Waals surface area contributed by atoms with Crippen LogP contribution in [0.2, 0.25) is 0 Å². The summed E-state index contributed by atoms with van der Waals surface area (Å²) in [7, 11) is 0. The molecule has 0 aromatic heterocycles. The lowest BCUT2D eigenvalue weighted by molar-refractivity contribution is 0.0650. The molecule has 0 saturated heterocycles. The lowest BCUT2D eigenvalue weighted by Crippen LogP contribution is -2.29. The Hall–Kier alpha value is -7.86. The van der Waals surface area contributed by atoms with Gasteiger partial charge in [-0.3, -0.25) is 0 Å². The van der Waals surface area contributed by atoms with Crippen molar-refractivity contribution in [3.63, 3.8) is 0 Å². The van der Waals surface area contributed by atoms with Crippen molar-refractivity contribution in [2.24, 2.45) is 0 Å². The fourth-order valence-corrected chi connectivity index (χ4v) is 7.40. The number of carboxylic acid groups (broad SMARTS) is 4. The zero-order valence-electron chi connectivity index (χ0n) is 30.1. The number of carbonyl (C=O) groups is 6. The van der Waals surface area contributed by atoms with Gasteiger partial charge >= 0.3 is 35.8 Å². The van der Waals surface area contributed by atoms with Crippen LogP contribution >= 0.6 is 0 Å². The van der Waals surface area contributed by atoms with Crippen molar-refractivity contribution < 1.29 is 58.7 Å². The van der Waals surface area contributed by atoms with Crippen LogP contribution in [0.1, 0.15) is 95.5 Å². The van der Waals surface area contributed by atoms with Gasteiger partial charge in [0, 0.05) is 0 Å². The topological polar surface area (TPSA) is 202 Å². The van der Waals surface area contributed by atoms with Crippen molar-refractivity contribution in [3.8, 4) is 22.6 Å². The lowest BCUT2D eigenvalue weighted by Gasteiger charge is -2.34. The molecule has 7 rings (SSSR count). The van der Waals surface area contributed by atoms with Crippen molar-refractivity contribution in [2.45, 2.75) is 19.3 Å². The fraction of sp³-hybridized carbons (Fsp3) is 0.0667. The van der Waals surface area contributed by atoms with E-state index in [1.807, 2.05) is 72.8 Å². The van der Waals surface area contributed by atoms with Crippen LogP contribution in [-0.4, -0.2) is 56.2 Å². The van der Waals surface area contributed by atoms with Crippen LogP contribution in [0.3, 0.4) is 0 Å². The van der Waals surface area contributed by atoms with Gasteiger partial charge in [0.05, 0.1) is 38.8 Å². The van der Waals surface area contributed by atoms with Crippen molar-refractivity contribution in [3.05, 3.63) is 188 Å². The number of carboxylic acids is 4. The number of hydrogen-bond acceptors (Lipinski definition) is 8. The van der Waals surface area contributed by atoms with Crippen LogP contribution in [0.15, 0.2) is 121 Å². The molecule has 0 radical (unpaired) electrons. The first-order chi connectivity index (χ1) is 27.2. The Morgan fingerprint density at radius 2 is 0.807 bits per heavy atom. The average Bonchev–Trinajstić information content (AvgIpc) is 3.49.